The number of nitrogens with zero attached hydrogens (tertiary/aromatic N) is 1. The fraction of sp³-hybridized carbons (Fsp3) is 0. The quantitative estimate of drug-likeness (QED) is 0.426. The van der Waals surface area contributed by atoms with Crippen molar-refractivity contribution < 1.29 is 9.53 Å². The third kappa shape index (κ3) is 3.95. The molecule has 2 N–H and O–H groups in total. The molecule has 0 atom stereocenters. The highest BCUT2D eigenvalue weighted by Gasteiger charge is 2.17. The Morgan fingerprint density at radius 1 is 0.833 bits per heavy atom. The molecule has 0 aliphatic heterocycles. The lowest BCUT2D eigenvalue weighted by Crippen LogP contribution is -2.40. The van der Waals surface area contributed by atoms with Gasteiger partial charge in [0.05, 0.1) is 5.69 Å². The number of hydrogen-bond acceptors (Lipinski definition) is 4. The second-order valence-corrected chi connectivity index (χ2v) is 6.05. The topological polar surface area (TPSA) is 55.6 Å². The number of amides is 1. The predicted molar refractivity (Wildman–Crippen MR) is 96.1 cm³/mol. The van der Waals surface area contributed by atoms with Gasteiger partial charge in [-0.1, -0.05) is 60.3 Å². The van der Waals surface area contributed by atoms with E-state index in [-0.39, 0.29) is 0 Å². The van der Waals surface area contributed by atoms with Gasteiger partial charge in [0.15, 0.2) is 0 Å². The molecule has 5 heteroatoms. The highest BCUT2D eigenvalue weighted by Crippen LogP contribution is 2.34. The van der Waals surface area contributed by atoms with Gasteiger partial charge in [0.25, 0.3) is 0 Å². The van der Waals surface area contributed by atoms with Gasteiger partial charge in [-0.2, -0.15) is 0 Å². The number of nitrogens with two attached hydrogens (primary N) is 1. The van der Waals surface area contributed by atoms with Crippen LogP contribution in [0.3, 0.4) is 0 Å². The smallest absolute Gasteiger partial charge is 0.409 e. The third-order valence-corrected chi connectivity index (χ3v) is 4.31. The van der Waals surface area contributed by atoms with Gasteiger partial charge in [0, 0.05) is 9.79 Å². The summed E-state index contributed by atoms with van der Waals surface area (Å²) in [6, 6.07) is 26.2. The molecular weight excluding hydrogens is 320 g/mol. The molecule has 24 heavy (non-hydrogen) atoms. The Morgan fingerprint density at radius 3 is 2.12 bits per heavy atom. The normalized spacial score (nSPS) is 10.2. The van der Waals surface area contributed by atoms with Crippen LogP contribution in [0.5, 0.6) is 5.75 Å². The Balaban J connectivity index is 1.79. The number of hydrogen-bond donors (Lipinski definition) is 1. The van der Waals surface area contributed by atoms with E-state index in [4.69, 9.17) is 10.6 Å². The first-order valence-corrected chi connectivity index (χ1v) is 8.19. The minimum atomic E-state index is -0.637. The zero-order valence-corrected chi connectivity index (χ0v) is 13.6. The van der Waals surface area contributed by atoms with Crippen molar-refractivity contribution in [3.05, 3.63) is 84.9 Å². The molecule has 0 saturated carbocycles. The Morgan fingerprint density at radius 2 is 1.42 bits per heavy atom. The minimum absolute atomic E-state index is 0.450. The van der Waals surface area contributed by atoms with Crippen molar-refractivity contribution in [2.24, 2.45) is 5.84 Å². The summed E-state index contributed by atoms with van der Waals surface area (Å²) >= 11 is 1.54. The number of anilines is 1. The Hall–Kier alpha value is -2.76. The number of para-hydroxylation sites is 2. The molecule has 3 aromatic rings. The van der Waals surface area contributed by atoms with Crippen LogP contribution >= 0.6 is 11.8 Å². The molecule has 0 saturated heterocycles. The summed E-state index contributed by atoms with van der Waals surface area (Å²) in [5.74, 6) is 6.44. The zero-order chi connectivity index (χ0) is 16.8. The van der Waals surface area contributed by atoms with Gasteiger partial charge in [-0.25, -0.2) is 15.6 Å². The number of carbonyl (C=O) groups is 1. The molecule has 0 aromatic heterocycles. The maximum atomic E-state index is 12.3. The maximum Gasteiger partial charge on any atom is 0.434 e. The third-order valence-electron chi connectivity index (χ3n) is 3.24. The van der Waals surface area contributed by atoms with Crippen molar-refractivity contribution in [3.8, 4) is 5.75 Å². The van der Waals surface area contributed by atoms with Crippen LogP contribution in [0.25, 0.3) is 0 Å². The van der Waals surface area contributed by atoms with Gasteiger partial charge in [0.2, 0.25) is 0 Å². The van der Waals surface area contributed by atoms with Crippen LogP contribution in [0.2, 0.25) is 0 Å². The van der Waals surface area contributed by atoms with Crippen LogP contribution < -0.4 is 15.6 Å². The standard InChI is InChI=1S/C19H16N2O2S/c20-21(19(22)23-15-9-3-1-4-10-15)17-13-7-8-14-18(17)24-16-11-5-2-6-12-16/h1-14H,20H2. The van der Waals surface area contributed by atoms with Crippen LogP contribution in [-0.4, -0.2) is 6.09 Å². The molecule has 0 radical (unpaired) electrons. The average molecular weight is 336 g/mol. The summed E-state index contributed by atoms with van der Waals surface area (Å²) in [7, 11) is 0. The molecule has 1 amide bonds. The first kappa shape index (κ1) is 16.1. The molecule has 0 aliphatic carbocycles. The van der Waals surface area contributed by atoms with Gasteiger partial charge >= 0.3 is 6.09 Å². The van der Waals surface area contributed by atoms with E-state index in [1.54, 1.807) is 30.3 Å². The van der Waals surface area contributed by atoms with E-state index < -0.39 is 6.09 Å². The van der Waals surface area contributed by atoms with Crippen LogP contribution in [-0.2, 0) is 0 Å². The van der Waals surface area contributed by atoms with Gasteiger partial charge in [-0.15, -0.1) is 0 Å². The molecule has 0 fully saturated rings. The van der Waals surface area contributed by atoms with E-state index in [9.17, 15) is 4.79 Å². The number of carbonyl (C=O) groups excluding carboxylic acids is 1. The van der Waals surface area contributed by atoms with E-state index >= 15 is 0 Å². The summed E-state index contributed by atoms with van der Waals surface area (Å²) in [5.41, 5.74) is 0.590. The lowest BCUT2D eigenvalue weighted by atomic mass is 10.3. The molecule has 0 bridgehead atoms. The summed E-state index contributed by atoms with van der Waals surface area (Å²) in [6.07, 6.45) is -0.637. The summed E-state index contributed by atoms with van der Waals surface area (Å²) < 4.78 is 5.29. The van der Waals surface area contributed by atoms with Gasteiger partial charge < -0.3 is 4.74 Å². The van der Waals surface area contributed by atoms with Crippen LogP contribution in [0.4, 0.5) is 10.5 Å². The predicted octanol–water partition coefficient (Wildman–Crippen LogP) is 4.72. The lowest BCUT2D eigenvalue weighted by molar-refractivity contribution is 0.207. The molecule has 3 aromatic carbocycles. The number of benzene rings is 3. The lowest BCUT2D eigenvalue weighted by Gasteiger charge is -2.19. The van der Waals surface area contributed by atoms with Gasteiger partial charge in [0.1, 0.15) is 5.75 Å². The molecule has 0 spiro atoms. The highest BCUT2D eigenvalue weighted by molar-refractivity contribution is 7.99. The summed E-state index contributed by atoms with van der Waals surface area (Å²) in [6.45, 7) is 0. The van der Waals surface area contributed by atoms with Crippen molar-refractivity contribution in [1.82, 2.24) is 0 Å². The van der Waals surface area contributed by atoms with Crippen LogP contribution in [0.15, 0.2) is 94.7 Å². The molecule has 120 valence electrons. The Labute approximate surface area is 144 Å². The number of ether oxygens (including phenoxy) is 1. The fourth-order valence-corrected chi connectivity index (χ4v) is 3.06. The van der Waals surface area contributed by atoms with E-state index in [1.165, 1.54) is 11.8 Å². The summed E-state index contributed by atoms with van der Waals surface area (Å²) in [4.78, 5) is 14.2. The van der Waals surface area contributed by atoms with Gasteiger partial charge in [-0.05, 0) is 36.4 Å². The second-order valence-electron chi connectivity index (χ2n) is 4.93. The second kappa shape index (κ2) is 7.68. The van der Waals surface area contributed by atoms with E-state index in [0.717, 1.165) is 14.8 Å². The zero-order valence-electron chi connectivity index (χ0n) is 12.8. The van der Waals surface area contributed by atoms with E-state index in [1.807, 2.05) is 54.6 Å². The first-order valence-electron chi connectivity index (χ1n) is 7.37. The summed E-state index contributed by atoms with van der Waals surface area (Å²) in [5, 5.41) is 1.03. The first-order chi connectivity index (χ1) is 11.7. The van der Waals surface area contributed by atoms with Crippen LogP contribution in [0, 0.1) is 0 Å². The van der Waals surface area contributed by atoms with Crippen LogP contribution in [0.1, 0.15) is 0 Å². The largest absolute Gasteiger partial charge is 0.434 e. The SMILES string of the molecule is NN(C(=O)Oc1ccccc1)c1ccccc1Sc1ccccc1. The Kier molecular flexibility index (Phi) is 5.15. The fourth-order valence-electron chi connectivity index (χ4n) is 2.09. The van der Waals surface area contributed by atoms with Crippen molar-refractivity contribution in [1.29, 1.82) is 0 Å². The molecule has 0 aliphatic rings. The van der Waals surface area contributed by atoms with Crippen molar-refractivity contribution in [2.75, 3.05) is 5.01 Å². The molecule has 0 heterocycles. The highest BCUT2D eigenvalue weighted by atomic mass is 32.2. The Bertz CT molecular complexity index is 810. The average Bonchev–Trinajstić information content (AvgIpc) is 2.63. The molecule has 4 nitrogen and oxygen atoms in total. The van der Waals surface area contributed by atoms with Crippen molar-refractivity contribution in [2.45, 2.75) is 9.79 Å². The van der Waals surface area contributed by atoms with Crippen molar-refractivity contribution in [3.63, 3.8) is 0 Å². The maximum absolute atomic E-state index is 12.3. The minimum Gasteiger partial charge on any atom is -0.409 e. The van der Waals surface area contributed by atoms with E-state index in [0.29, 0.717) is 11.4 Å². The molecule has 0 unspecified atom stereocenters. The monoisotopic (exact) mass is 336 g/mol. The molecular formula is C19H16N2O2S. The van der Waals surface area contributed by atoms with Gasteiger partial charge in [-0.3, -0.25) is 0 Å². The van der Waals surface area contributed by atoms with Crippen molar-refractivity contribution >= 4 is 23.5 Å². The number of rotatable bonds is 4. The number of hydrazine groups is 1. The molecule has 3 rings (SSSR count). The van der Waals surface area contributed by atoms with E-state index in [2.05, 4.69) is 0 Å².